The Labute approximate surface area is 137 Å². The zero-order valence-electron chi connectivity index (χ0n) is 12.5. The van der Waals surface area contributed by atoms with Crippen molar-refractivity contribution in [2.75, 3.05) is 10.6 Å². The molecule has 6 heteroatoms. The van der Waals surface area contributed by atoms with Crippen LogP contribution in [0.25, 0.3) is 10.8 Å². The van der Waals surface area contributed by atoms with Gasteiger partial charge in [-0.25, -0.2) is 0 Å². The van der Waals surface area contributed by atoms with Gasteiger partial charge in [0.25, 0.3) is 0 Å². The SMILES string of the molecule is O=C(Nc1cccc(O)c1)C(=O)Nc1cccc2c(O)cccc12. The van der Waals surface area contributed by atoms with E-state index in [1.807, 2.05) is 0 Å². The van der Waals surface area contributed by atoms with Gasteiger partial charge in [0, 0.05) is 28.2 Å². The molecule has 0 atom stereocenters. The summed E-state index contributed by atoms with van der Waals surface area (Å²) < 4.78 is 0. The molecule has 0 bridgehead atoms. The van der Waals surface area contributed by atoms with E-state index in [0.29, 0.717) is 22.1 Å². The fourth-order valence-electron chi connectivity index (χ4n) is 2.35. The molecular weight excluding hydrogens is 308 g/mol. The first-order valence-electron chi connectivity index (χ1n) is 7.16. The van der Waals surface area contributed by atoms with Crippen LogP contribution in [0, 0.1) is 0 Å². The Kier molecular flexibility index (Phi) is 4.03. The van der Waals surface area contributed by atoms with Crippen LogP contribution < -0.4 is 10.6 Å². The summed E-state index contributed by atoms with van der Waals surface area (Å²) in [6.07, 6.45) is 0. The lowest BCUT2D eigenvalue weighted by molar-refractivity contribution is -0.132. The highest BCUT2D eigenvalue weighted by molar-refractivity contribution is 6.44. The third-order valence-electron chi connectivity index (χ3n) is 3.46. The van der Waals surface area contributed by atoms with Crippen molar-refractivity contribution in [3.8, 4) is 11.5 Å². The normalized spacial score (nSPS) is 10.3. The molecular formula is C18H14N2O4. The van der Waals surface area contributed by atoms with Crippen molar-refractivity contribution < 1.29 is 19.8 Å². The first-order chi connectivity index (χ1) is 11.5. The Balaban J connectivity index is 1.80. The van der Waals surface area contributed by atoms with Crippen molar-refractivity contribution in [3.63, 3.8) is 0 Å². The van der Waals surface area contributed by atoms with E-state index in [1.54, 1.807) is 48.5 Å². The van der Waals surface area contributed by atoms with Crippen LogP contribution in [-0.2, 0) is 9.59 Å². The minimum absolute atomic E-state index is 0.0160. The third-order valence-corrected chi connectivity index (χ3v) is 3.46. The number of carbonyl (C=O) groups is 2. The van der Waals surface area contributed by atoms with Gasteiger partial charge in [-0.15, -0.1) is 0 Å². The lowest BCUT2D eigenvalue weighted by atomic mass is 10.1. The number of carbonyl (C=O) groups excluding carboxylic acids is 2. The number of aromatic hydroxyl groups is 2. The predicted molar refractivity (Wildman–Crippen MR) is 91.0 cm³/mol. The number of hydrogen-bond donors (Lipinski definition) is 4. The molecule has 120 valence electrons. The Morgan fingerprint density at radius 2 is 1.42 bits per heavy atom. The minimum Gasteiger partial charge on any atom is -0.508 e. The smallest absolute Gasteiger partial charge is 0.314 e. The van der Waals surface area contributed by atoms with E-state index >= 15 is 0 Å². The Morgan fingerprint density at radius 1 is 0.750 bits per heavy atom. The maximum absolute atomic E-state index is 12.1. The van der Waals surface area contributed by atoms with Crippen LogP contribution in [0.5, 0.6) is 11.5 Å². The van der Waals surface area contributed by atoms with Crippen LogP contribution in [0.1, 0.15) is 0 Å². The minimum atomic E-state index is -0.863. The van der Waals surface area contributed by atoms with Crippen LogP contribution in [0.2, 0.25) is 0 Å². The van der Waals surface area contributed by atoms with Gasteiger partial charge < -0.3 is 20.8 Å². The van der Waals surface area contributed by atoms with Gasteiger partial charge in [-0.05, 0) is 24.3 Å². The molecule has 0 saturated carbocycles. The zero-order chi connectivity index (χ0) is 17.1. The predicted octanol–water partition coefficient (Wildman–Crippen LogP) is 2.83. The van der Waals surface area contributed by atoms with Gasteiger partial charge in [0.1, 0.15) is 11.5 Å². The molecule has 4 N–H and O–H groups in total. The lowest BCUT2D eigenvalue weighted by Crippen LogP contribution is -2.29. The van der Waals surface area contributed by atoms with Crippen LogP contribution in [0.4, 0.5) is 11.4 Å². The van der Waals surface area contributed by atoms with Crippen LogP contribution in [0.3, 0.4) is 0 Å². The Morgan fingerprint density at radius 3 is 2.21 bits per heavy atom. The summed E-state index contributed by atoms with van der Waals surface area (Å²) in [7, 11) is 0. The maximum atomic E-state index is 12.1. The molecule has 24 heavy (non-hydrogen) atoms. The highest BCUT2D eigenvalue weighted by Gasteiger charge is 2.15. The third kappa shape index (κ3) is 3.12. The van der Waals surface area contributed by atoms with E-state index in [2.05, 4.69) is 10.6 Å². The standard InChI is InChI=1S/C18H14N2O4/c21-12-5-1-4-11(10-12)19-17(23)18(24)20-15-8-2-7-14-13(15)6-3-9-16(14)22/h1-10,21-22H,(H,19,23)(H,20,24). The molecule has 3 rings (SSSR count). The van der Waals surface area contributed by atoms with Gasteiger partial charge in [-0.2, -0.15) is 0 Å². The number of phenolic OH excluding ortho intramolecular Hbond substituents is 2. The maximum Gasteiger partial charge on any atom is 0.314 e. The Bertz CT molecular complexity index is 937. The summed E-state index contributed by atoms with van der Waals surface area (Å²) in [6.45, 7) is 0. The van der Waals surface area contributed by atoms with Crippen LogP contribution in [0.15, 0.2) is 60.7 Å². The van der Waals surface area contributed by atoms with E-state index in [9.17, 15) is 19.8 Å². The van der Waals surface area contributed by atoms with Crippen molar-refractivity contribution in [3.05, 3.63) is 60.7 Å². The summed E-state index contributed by atoms with van der Waals surface area (Å²) in [4.78, 5) is 24.1. The van der Waals surface area contributed by atoms with Gasteiger partial charge in [0.2, 0.25) is 0 Å². The number of hydrogen-bond acceptors (Lipinski definition) is 4. The van der Waals surface area contributed by atoms with E-state index in [0.717, 1.165) is 0 Å². The summed E-state index contributed by atoms with van der Waals surface area (Å²) in [5.41, 5.74) is 0.727. The second kappa shape index (κ2) is 6.29. The molecule has 0 unspecified atom stereocenters. The second-order valence-corrected chi connectivity index (χ2v) is 5.14. The summed E-state index contributed by atoms with van der Waals surface area (Å²) in [6, 6.07) is 15.9. The molecule has 0 spiro atoms. The largest absolute Gasteiger partial charge is 0.508 e. The van der Waals surface area contributed by atoms with Gasteiger partial charge in [-0.1, -0.05) is 30.3 Å². The van der Waals surface area contributed by atoms with Gasteiger partial charge in [0.15, 0.2) is 0 Å². The highest BCUT2D eigenvalue weighted by atomic mass is 16.3. The molecule has 0 aliphatic rings. The molecule has 0 aliphatic heterocycles. The highest BCUT2D eigenvalue weighted by Crippen LogP contribution is 2.29. The number of amides is 2. The zero-order valence-corrected chi connectivity index (χ0v) is 12.5. The van der Waals surface area contributed by atoms with Gasteiger partial charge in [0.05, 0.1) is 0 Å². The summed E-state index contributed by atoms with van der Waals surface area (Å²) >= 11 is 0. The monoisotopic (exact) mass is 322 g/mol. The number of anilines is 2. The summed E-state index contributed by atoms with van der Waals surface area (Å²) in [5.74, 6) is -1.64. The average molecular weight is 322 g/mol. The fraction of sp³-hybridized carbons (Fsp3) is 0. The number of nitrogens with one attached hydrogen (secondary N) is 2. The Hall–Kier alpha value is -3.54. The van der Waals surface area contributed by atoms with E-state index in [-0.39, 0.29) is 11.5 Å². The van der Waals surface area contributed by atoms with Crippen LogP contribution in [-0.4, -0.2) is 22.0 Å². The number of benzene rings is 3. The quantitative estimate of drug-likeness (QED) is 0.545. The van der Waals surface area contributed by atoms with E-state index < -0.39 is 11.8 Å². The van der Waals surface area contributed by atoms with Crippen LogP contribution >= 0.6 is 0 Å². The average Bonchev–Trinajstić information content (AvgIpc) is 2.56. The summed E-state index contributed by atoms with van der Waals surface area (Å²) in [5, 5.41) is 25.3. The number of fused-ring (bicyclic) bond motifs is 1. The van der Waals surface area contributed by atoms with Crippen molar-refractivity contribution >= 4 is 34.0 Å². The first kappa shape index (κ1) is 15.4. The van der Waals surface area contributed by atoms with Gasteiger partial charge in [-0.3, -0.25) is 9.59 Å². The van der Waals surface area contributed by atoms with Crippen molar-refractivity contribution in [1.29, 1.82) is 0 Å². The first-order valence-corrected chi connectivity index (χ1v) is 7.16. The molecule has 3 aromatic carbocycles. The lowest BCUT2D eigenvalue weighted by Gasteiger charge is -2.10. The molecule has 0 fully saturated rings. The number of rotatable bonds is 2. The molecule has 0 heterocycles. The molecule has 0 aromatic heterocycles. The molecule has 3 aromatic rings. The molecule has 6 nitrogen and oxygen atoms in total. The van der Waals surface area contributed by atoms with E-state index in [1.165, 1.54) is 12.1 Å². The van der Waals surface area contributed by atoms with E-state index in [4.69, 9.17) is 0 Å². The van der Waals surface area contributed by atoms with Gasteiger partial charge >= 0.3 is 11.8 Å². The molecule has 0 saturated heterocycles. The van der Waals surface area contributed by atoms with Crippen molar-refractivity contribution in [2.45, 2.75) is 0 Å². The topological polar surface area (TPSA) is 98.7 Å². The molecule has 0 aliphatic carbocycles. The van der Waals surface area contributed by atoms with Crippen molar-refractivity contribution in [1.82, 2.24) is 0 Å². The number of phenols is 2. The molecule has 0 radical (unpaired) electrons. The van der Waals surface area contributed by atoms with Crippen molar-refractivity contribution in [2.24, 2.45) is 0 Å². The second-order valence-electron chi connectivity index (χ2n) is 5.14. The molecule has 2 amide bonds. The fourth-order valence-corrected chi connectivity index (χ4v) is 2.35.